The van der Waals surface area contributed by atoms with Crippen molar-refractivity contribution in [1.29, 1.82) is 0 Å². The predicted octanol–water partition coefficient (Wildman–Crippen LogP) is 3.18. The van der Waals surface area contributed by atoms with Crippen molar-refractivity contribution in [3.8, 4) is 0 Å². The molecule has 2 rings (SSSR count). The van der Waals surface area contributed by atoms with Gasteiger partial charge in [-0.3, -0.25) is 14.4 Å². The molecule has 2 aliphatic rings. The van der Waals surface area contributed by atoms with Crippen LogP contribution in [0.5, 0.6) is 0 Å². The van der Waals surface area contributed by atoms with Gasteiger partial charge >= 0.3 is 5.97 Å². The Morgan fingerprint density at radius 2 is 1.70 bits per heavy atom. The summed E-state index contributed by atoms with van der Waals surface area (Å²) in [6, 6.07) is 0. The summed E-state index contributed by atoms with van der Waals surface area (Å²) in [5.74, 6) is -0.563. The number of fused-ring (bicyclic) bond motifs is 2. The van der Waals surface area contributed by atoms with E-state index in [1.54, 1.807) is 0 Å². The Morgan fingerprint density at radius 1 is 0.967 bits per heavy atom. The first-order chi connectivity index (χ1) is 14.5. The summed E-state index contributed by atoms with van der Waals surface area (Å²) in [5, 5.41) is 14.4. The maximum atomic E-state index is 12.2. The standard InChI is InChI=1S/C23H38N2O5/c1-2-3-4-9-14-24-21(26)15-22(27)25-16-18-17(19-12-13-20(18)30-19)10-7-5-6-8-11-23(28)29/h5,7,17-20H,2-4,6,8-16H2,1H3,(H,24,26)(H,25,27)(H,28,29)/b7-5-/t17-,18+,19-,20+/m1/s1. The number of hydrogen-bond donors (Lipinski definition) is 3. The molecule has 0 radical (unpaired) electrons. The van der Waals surface area contributed by atoms with Gasteiger partial charge in [0.15, 0.2) is 0 Å². The van der Waals surface area contributed by atoms with Crippen molar-refractivity contribution in [1.82, 2.24) is 10.6 Å². The maximum Gasteiger partial charge on any atom is 0.303 e. The van der Waals surface area contributed by atoms with E-state index in [0.29, 0.717) is 25.4 Å². The first kappa shape index (κ1) is 24.4. The molecule has 0 saturated carbocycles. The normalized spacial score (nSPS) is 25.0. The largest absolute Gasteiger partial charge is 0.481 e. The molecule has 2 heterocycles. The quantitative estimate of drug-likeness (QED) is 0.214. The number of carbonyl (C=O) groups excluding carboxylic acids is 2. The molecule has 2 saturated heterocycles. The Bertz CT molecular complexity index is 592. The number of carboxylic acids is 1. The van der Waals surface area contributed by atoms with Crippen LogP contribution in [0.25, 0.3) is 0 Å². The lowest BCUT2D eigenvalue weighted by atomic mass is 9.77. The Balaban J connectivity index is 1.67. The van der Waals surface area contributed by atoms with E-state index in [1.807, 2.05) is 0 Å². The molecule has 30 heavy (non-hydrogen) atoms. The Morgan fingerprint density at radius 3 is 2.43 bits per heavy atom. The van der Waals surface area contributed by atoms with Gasteiger partial charge < -0.3 is 20.5 Å². The third-order valence-electron chi connectivity index (χ3n) is 6.14. The lowest BCUT2D eigenvalue weighted by Gasteiger charge is -2.27. The molecule has 0 aromatic carbocycles. The zero-order valence-corrected chi connectivity index (χ0v) is 18.2. The molecular weight excluding hydrogens is 384 g/mol. The Kier molecular flexibility index (Phi) is 10.9. The van der Waals surface area contributed by atoms with Crippen LogP contribution in [0.4, 0.5) is 0 Å². The van der Waals surface area contributed by atoms with E-state index in [-0.39, 0.29) is 42.8 Å². The van der Waals surface area contributed by atoms with Crippen molar-refractivity contribution in [2.75, 3.05) is 13.1 Å². The van der Waals surface area contributed by atoms with Crippen LogP contribution in [0.15, 0.2) is 12.2 Å². The van der Waals surface area contributed by atoms with E-state index in [0.717, 1.165) is 44.9 Å². The highest BCUT2D eigenvalue weighted by atomic mass is 16.5. The van der Waals surface area contributed by atoms with E-state index in [2.05, 4.69) is 29.7 Å². The number of hydrogen-bond acceptors (Lipinski definition) is 4. The molecule has 2 aliphatic heterocycles. The van der Waals surface area contributed by atoms with Crippen LogP contribution in [0.3, 0.4) is 0 Å². The Labute approximate surface area is 180 Å². The zero-order chi connectivity index (χ0) is 21.8. The second kappa shape index (κ2) is 13.4. The number of carbonyl (C=O) groups is 3. The summed E-state index contributed by atoms with van der Waals surface area (Å²) < 4.78 is 6.06. The average Bonchev–Trinajstić information content (AvgIpc) is 3.30. The third-order valence-corrected chi connectivity index (χ3v) is 6.14. The molecule has 4 atom stereocenters. The molecule has 170 valence electrons. The predicted molar refractivity (Wildman–Crippen MR) is 115 cm³/mol. The van der Waals surface area contributed by atoms with Crippen molar-refractivity contribution in [3.63, 3.8) is 0 Å². The highest BCUT2D eigenvalue weighted by Crippen LogP contribution is 2.44. The summed E-state index contributed by atoms with van der Waals surface area (Å²) in [5.41, 5.74) is 0. The third kappa shape index (κ3) is 8.46. The number of amides is 2. The molecule has 0 aromatic heterocycles. The summed E-state index contributed by atoms with van der Waals surface area (Å²) >= 11 is 0. The molecule has 2 amide bonds. The van der Waals surface area contributed by atoms with E-state index in [1.165, 1.54) is 6.42 Å². The lowest BCUT2D eigenvalue weighted by molar-refractivity contribution is -0.137. The van der Waals surface area contributed by atoms with E-state index in [4.69, 9.17) is 9.84 Å². The first-order valence-electron chi connectivity index (χ1n) is 11.6. The van der Waals surface area contributed by atoms with Gasteiger partial charge in [0.1, 0.15) is 6.42 Å². The van der Waals surface area contributed by atoms with Crippen molar-refractivity contribution in [2.45, 2.75) is 89.8 Å². The molecule has 2 bridgehead atoms. The van der Waals surface area contributed by atoms with Crippen molar-refractivity contribution >= 4 is 17.8 Å². The summed E-state index contributed by atoms with van der Waals surface area (Å²) in [6.45, 7) is 3.32. The van der Waals surface area contributed by atoms with Gasteiger partial charge in [-0.15, -0.1) is 0 Å². The lowest BCUT2D eigenvalue weighted by Crippen LogP contribution is -2.39. The van der Waals surface area contributed by atoms with Gasteiger partial charge in [0.05, 0.1) is 12.2 Å². The number of nitrogens with one attached hydrogen (secondary N) is 2. The maximum absolute atomic E-state index is 12.2. The van der Waals surface area contributed by atoms with Crippen LogP contribution in [-0.4, -0.2) is 48.2 Å². The smallest absolute Gasteiger partial charge is 0.303 e. The number of aliphatic carboxylic acids is 1. The molecule has 3 N–H and O–H groups in total. The fourth-order valence-corrected chi connectivity index (χ4v) is 4.50. The highest BCUT2D eigenvalue weighted by molar-refractivity contribution is 5.96. The van der Waals surface area contributed by atoms with Crippen LogP contribution in [0.1, 0.15) is 77.6 Å². The molecule has 0 aliphatic carbocycles. The van der Waals surface area contributed by atoms with Gasteiger partial charge in [0, 0.05) is 25.4 Å². The van der Waals surface area contributed by atoms with Crippen LogP contribution < -0.4 is 10.6 Å². The Hall–Kier alpha value is -1.89. The van der Waals surface area contributed by atoms with Gasteiger partial charge in [-0.2, -0.15) is 0 Å². The SMILES string of the molecule is CCCCCCNC(=O)CC(=O)NC[C@H]1[C@@H](C/C=C\CCCC(=O)O)[C@H]2CC[C@@H]1O2. The number of rotatable bonds is 15. The monoisotopic (exact) mass is 422 g/mol. The van der Waals surface area contributed by atoms with E-state index < -0.39 is 5.97 Å². The zero-order valence-electron chi connectivity index (χ0n) is 18.2. The van der Waals surface area contributed by atoms with E-state index >= 15 is 0 Å². The van der Waals surface area contributed by atoms with Crippen LogP contribution in [-0.2, 0) is 19.1 Å². The first-order valence-corrected chi connectivity index (χ1v) is 11.6. The topological polar surface area (TPSA) is 105 Å². The highest BCUT2D eigenvalue weighted by Gasteiger charge is 2.47. The number of ether oxygens (including phenoxy) is 1. The van der Waals surface area contributed by atoms with Crippen LogP contribution >= 0.6 is 0 Å². The summed E-state index contributed by atoms with van der Waals surface area (Å²) in [7, 11) is 0. The summed E-state index contributed by atoms with van der Waals surface area (Å²) in [6.07, 6.45) is 13.5. The second-order valence-corrected chi connectivity index (χ2v) is 8.50. The van der Waals surface area contributed by atoms with Crippen molar-refractivity contribution in [3.05, 3.63) is 12.2 Å². The minimum Gasteiger partial charge on any atom is -0.481 e. The van der Waals surface area contributed by atoms with E-state index in [9.17, 15) is 14.4 Å². The van der Waals surface area contributed by atoms with Gasteiger partial charge in [0.2, 0.25) is 11.8 Å². The van der Waals surface area contributed by atoms with Crippen LogP contribution in [0, 0.1) is 11.8 Å². The van der Waals surface area contributed by atoms with Gasteiger partial charge in [0.25, 0.3) is 0 Å². The molecule has 0 spiro atoms. The fourth-order valence-electron chi connectivity index (χ4n) is 4.50. The number of allylic oxidation sites excluding steroid dienone is 2. The fraction of sp³-hybridized carbons (Fsp3) is 0.783. The molecule has 0 unspecified atom stereocenters. The molecule has 0 aromatic rings. The molecule has 7 nitrogen and oxygen atoms in total. The number of unbranched alkanes of at least 4 members (excludes halogenated alkanes) is 4. The van der Waals surface area contributed by atoms with Gasteiger partial charge in [-0.25, -0.2) is 0 Å². The average molecular weight is 423 g/mol. The molecular formula is C23H38N2O5. The van der Waals surface area contributed by atoms with Crippen LogP contribution in [0.2, 0.25) is 0 Å². The minimum absolute atomic E-state index is 0.121. The van der Waals surface area contributed by atoms with Crippen molar-refractivity contribution in [2.24, 2.45) is 11.8 Å². The molecule has 7 heteroatoms. The van der Waals surface area contributed by atoms with Gasteiger partial charge in [-0.05, 0) is 44.4 Å². The number of carboxylic acid groups (broad SMARTS) is 1. The summed E-state index contributed by atoms with van der Waals surface area (Å²) in [4.78, 5) is 34.6. The minimum atomic E-state index is -0.758. The second-order valence-electron chi connectivity index (χ2n) is 8.50. The molecule has 2 fully saturated rings. The van der Waals surface area contributed by atoms with Crippen molar-refractivity contribution < 1.29 is 24.2 Å². The van der Waals surface area contributed by atoms with Gasteiger partial charge in [-0.1, -0.05) is 38.3 Å².